The molecule has 0 spiro atoms. The van der Waals surface area contributed by atoms with Gasteiger partial charge >= 0.3 is 0 Å². The van der Waals surface area contributed by atoms with Gasteiger partial charge in [0.2, 0.25) is 18.7 Å². The molecule has 0 aliphatic rings. The van der Waals surface area contributed by atoms with Crippen molar-refractivity contribution in [2.75, 3.05) is 36.2 Å². The van der Waals surface area contributed by atoms with Crippen molar-refractivity contribution in [3.8, 4) is 0 Å². The van der Waals surface area contributed by atoms with Crippen LogP contribution in [0.3, 0.4) is 0 Å². The number of pyridine rings is 1. The standard InChI is InChI=1S/C22H28N8O3/c1-6-16-7-18(30(13-32)11-21(33)28(4)5)22-27-17(10-29(22)9-16)14(2)24-20-8-19(23-12-31)25-15(3)26-20/h7-10,12-14H,6,11H2,1-5H3,(H2,23,24,25,26,31)/t14-/m1/s1. The quantitative estimate of drug-likeness (QED) is 0.449. The highest BCUT2D eigenvalue weighted by atomic mass is 16.2. The van der Waals surface area contributed by atoms with Gasteiger partial charge in [0, 0.05) is 32.6 Å². The first-order valence-corrected chi connectivity index (χ1v) is 10.5. The smallest absolute Gasteiger partial charge is 0.242 e. The molecule has 0 unspecified atom stereocenters. The summed E-state index contributed by atoms with van der Waals surface area (Å²) in [6.07, 6.45) is 5.80. The Morgan fingerprint density at radius 2 is 1.88 bits per heavy atom. The van der Waals surface area contributed by atoms with E-state index in [9.17, 15) is 14.4 Å². The summed E-state index contributed by atoms with van der Waals surface area (Å²) >= 11 is 0. The number of aryl methyl sites for hydroxylation is 2. The predicted molar refractivity (Wildman–Crippen MR) is 125 cm³/mol. The summed E-state index contributed by atoms with van der Waals surface area (Å²) < 4.78 is 1.86. The summed E-state index contributed by atoms with van der Waals surface area (Å²) in [6.45, 7) is 5.60. The van der Waals surface area contributed by atoms with E-state index in [-0.39, 0.29) is 18.5 Å². The number of likely N-dealkylation sites (N-methyl/N-ethyl adjacent to an activating group) is 1. The van der Waals surface area contributed by atoms with Gasteiger partial charge in [-0.25, -0.2) is 15.0 Å². The van der Waals surface area contributed by atoms with Gasteiger partial charge in [0.15, 0.2) is 5.65 Å². The van der Waals surface area contributed by atoms with Crippen LogP contribution in [0.4, 0.5) is 17.3 Å². The molecule has 3 heterocycles. The van der Waals surface area contributed by atoms with E-state index in [1.54, 1.807) is 27.1 Å². The Hall–Kier alpha value is -4.02. The average Bonchev–Trinajstić information content (AvgIpc) is 3.20. The minimum absolute atomic E-state index is 0.0813. The Bertz CT molecular complexity index is 1170. The lowest BCUT2D eigenvalue weighted by molar-refractivity contribution is -0.128. The van der Waals surface area contributed by atoms with E-state index in [0.29, 0.717) is 41.6 Å². The largest absolute Gasteiger partial charge is 0.362 e. The molecule has 174 valence electrons. The van der Waals surface area contributed by atoms with Gasteiger partial charge in [0.25, 0.3) is 0 Å². The van der Waals surface area contributed by atoms with Gasteiger partial charge in [0.1, 0.15) is 24.0 Å². The van der Waals surface area contributed by atoms with Crippen molar-refractivity contribution in [2.24, 2.45) is 0 Å². The highest BCUT2D eigenvalue weighted by Gasteiger charge is 2.20. The normalized spacial score (nSPS) is 11.7. The molecule has 3 amide bonds. The first kappa shape index (κ1) is 23.6. The minimum atomic E-state index is -0.241. The van der Waals surface area contributed by atoms with Crippen LogP contribution in [0.1, 0.15) is 37.0 Å². The van der Waals surface area contributed by atoms with E-state index in [0.717, 1.165) is 17.7 Å². The summed E-state index contributed by atoms with van der Waals surface area (Å²) in [5.74, 6) is 1.25. The van der Waals surface area contributed by atoms with Gasteiger partial charge in [-0.3, -0.25) is 14.4 Å². The Labute approximate surface area is 191 Å². The van der Waals surface area contributed by atoms with Gasteiger partial charge in [-0.05, 0) is 31.9 Å². The van der Waals surface area contributed by atoms with Gasteiger partial charge in [-0.15, -0.1) is 0 Å². The third kappa shape index (κ3) is 5.43. The maximum absolute atomic E-state index is 12.2. The SMILES string of the molecule is CCc1cc(N(C=O)CC(=O)N(C)C)c2nc([C@@H](C)Nc3cc(NC=O)nc(C)n3)cn2c1. The fraction of sp³-hybridized carbons (Fsp3) is 0.364. The van der Waals surface area contributed by atoms with Gasteiger partial charge in [0.05, 0.1) is 17.4 Å². The molecule has 3 aromatic rings. The molecule has 33 heavy (non-hydrogen) atoms. The topological polar surface area (TPSA) is 125 Å². The number of nitrogens with zero attached hydrogens (tertiary/aromatic N) is 6. The average molecular weight is 453 g/mol. The molecule has 1 atom stereocenters. The second-order valence-corrected chi connectivity index (χ2v) is 7.82. The minimum Gasteiger partial charge on any atom is -0.362 e. The second kappa shape index (κ2) is 10.1. The van der Waals surface area contributed by atoms with Crippen LogP contribution >= 0.6 is 0 Å². The first-order valence-electron chi connectivity index (χ1n) is 10.5. The van der Waals surface area contributed by atoms with E-state index in [1.807, 2.05) is 36.7 Å². The monoisotopic (exact) mass is 452 g/mol. The molecule has 0 aliphatic heterocycles. The predicted octanol–water partition coefficient (Wildman–Crippen LogP) is 1.79. The molecule has 11 heteroatoms. The molecule has 11 nitrogen and oxygen atoms in total. The number of rotatable bonds is 10. The zero-order valence-corrected chi connectivity index (χ0v) is 19.4. The molecule has 0 fully saturated rings. The van der Waals surface area contributed by atoms with E-state index in [2.05, 4.69) is 20.6 Å². The maximum Gasteiger partial charge on any atom is 0.242 e. The summed E-state index contributed by atoms with van der Waals surface area (Å²) in [5.41, 5.74) is 2.85. The fourth-order valence-corrected chi connectivity index (χ4v) is 3.31. The number of fused-ring (bicyclic) bond motifs is 1. The number of hydrogen-bond acceptors (Lipinski definition) is 7. The van der Waals surface area contributed by atoms with E-state index < -0.39 is 0 Å². The number of carbonyl (C=O) groups excluding carboxylic acids is 3. The van der Waals surface area contributed by atoms with Crippen molar-refractivity contribution in [3.63, 3.8) is 0 Å². The summed E-state index contributed by atoms with van der Waals surface area (Å²) in [5, 5.41) is 5.80. The van der Waals surface area contributed by atoms with Crippen LogP contribution in [0.2, 0.25) is 0 Å². The van der Waals surface area contributed by atoms with Gasteiger partial charge in [-0.1, -0.05) is 6.92 Å². The number of nitrogens with one attached hydrogen (secondary N) is 2. The highest BCUT2D eigenvalue weighted by molar-refractivity contribution is 5.92. The van der Waals surface area contributed by atoms with E-state index >= 15 is 0 Å². The lowest BCUT2D eigenvalue weighted by Gasteiger charge is -2.20. The third-order valence-electron chi connectivity index (χ3n) is 5.11. The van der Waals surface area contributed by atoms with Crippen LogP contribution in [0.25, 0.3) is 5.65 Å². The van der Waals surface area contributed by atoms with Crippen molar-refractivity contribution < 1.29 is 14.4 Å². The molecule has 3 rings (SSSR count). The Kier molecular flexibility index (Phi) is 7.21. The highest BCUT2D eigenvalue weighted by Crippen LogP contribution is 2.26. The molecule has 0 saturated carbocycles. The van der Waals surface area contributed by atoms with Crippen LogP contribution in [-0.2, 0) is 20.8 Å². The summed E-state index contributed by atoms with van der Waals surface area (Å²) in [7, 11) is 3.30. The van der Waals surface area contributed by atoms with Crippen molar-refractivity contribution >= 4 is 41.7 Å². The number of aromatic nitrogens is 4. The number of imidazole rings is 1. The molecule has 3 aromatic heterocycles. The zero-order chi connectivity index (χ0) is 24.1. The van der Waals surface area contributed by atoms with Crippen molar-refractivity contribution in [2.45, 2.75) is 33.2 Å². The molecule has 2 N–H and O–H groups in total. The number of amides is 3. The van der Waals surface area contributed by atoms with Gasteiger partial charge < -0.3 is 24.8 Å². The maximum atomic E-state index is 12.2. The van der Waals surface area contributed by atoms with Crippen LogP contribution in [0.15, 0.2) is 24.5 Å². The molecule has 0 aliphatic carbocycles. The van der Waals surface area contributed by atoms with Crippen LogP contribution in [0.5, 0.6) is 0 Å². The lowest BCUT2D eigenvalue weighted by Crippen LogP contribution is -2.36. The zero-order valence-electron chi connectivity index (χ0n) is 19.4. The van der Waals surface area contributed by atoms with E-state index in [4.69, 9.17) is 4.98 Å². The number of anilines is 3. The Balaban J connectivity index is 1.97. The second-order valence-electron chi connectivity index (χ2n) is 7.82. The van der Waals surface area contributed by atoms with Gasteiger partial charge in [-0.2, -0.15) is 0 Å². The fourth-order valence-electron chi connectivity index (χ4n) is 3.31. The molecule has 0 saturated heterocycles. The number of hydrogen-bond donors (Lipinski definition) is 2. The van der Waals surface area contributed by atoms with Crippen LogP contribution in [-0.4, -0.2) is 63.6 Å². The molecular formula is C22H28N8O3. The third-order valence-corrected chi connectivity index (χ3v) is 5.11. The van der Waals surface area contributed by atoms with Crippen molar-refractivity contribution in [1.82, 2.24) is 24.3 Å². The van der Waals surface area contributed by atoms with Crippen molar-refractivity contribution in [1.29, 1.82) is 0 Å². The molecule has 0 bridgehead atoms. The molecular weight excluding hydrogens is 424 g/mol. The van der Waals surface area contributed by atoms with Crippen molar-refractivity contribution in [3.05, 3.63) is 41.6 Å². The Morgan fingerprint density at radius 3 is 2.52 bits per heavy atom. The number of carbonyl (C=O) groups is 3. The summed E-state index contributed by atoms with van der Waals surface area (Å²) in [4.78, 5) is 50.9. The van der Waals surface area contributed by atoms with E-state index in [1.165, 1.54) is 9.80 Å². The summed E-state index contributed by atoms with van der Waals surface area (Å²) in [6, 6.07) is 3.27. The van der Waals surface area contributed by atoms with Crippen LogP contribution < -0.4 is 15.5 Å². The Morgan fingerprint density at radius 1 is 1.15 bits per heavy atom. The first-order chi connectivity index (χ1) is 15.7. The lowest BCUT2D eigenvalue weighted by atomic mass is 10.2. The molecule has 0 aromatic carbocycles. The molecule has 0 radical (unpaired) electrons. The van der Waals surface area contributed by atoms with Crippen LogP contribution in [0, 0.1) is 6.92 Å².